The maximum atomic E-state index is 12.9. The molecule has 0 amide bonds. The number of benzene rings is 1. The molecule has 0 heterocycles. The first-order chi connectivity index (χ1) is 5.20. The Labute approximate surface area is 65.3 Å². The molecule has 0 bridgehead atoms. The fourth-order valence-electron chi connectivity index (χ4n) is 0.886. The largest absolute Gasteiger partial charge is 0.402 e. The van der Waals surface area contributed by atoms with Crippen LogP contribution in [0.4, 0.5) is 4.39 Å². The molecule has 2 N–H and O–H groups in total. The monoisotopic (exact) mass is 151 g/mol. The van der Waals surface area contributed by atoms with Crippen LogP contribution in [0.25, 0.3) is 0 Å². The Morgan fingerprint density at radius 3 is 2.64 bits per heavy atom. The van der Waals surface area contributed by atoms with Gasteiger partial charge in [0.2, 0.25) is 0 Å². The van der Waals surface area contributed by atoms with Gasteiger partial charge in [-0.15, -0.1) is 0 Å². The van der Waals surface area contributed by atoms with Crippen molar-refractivity contribution in [1.29, 1.82) is 0 Å². The maximum absolute atomic E-state index is 12.9. The summed E-state index contributed by atoms with van der Waals surface area (Å²) in [5.74, 6) is -0.223. The van der Waals surface area contributed by atoms with Crippen molar-refractivity contribution in [1.82, 2.24) is 0 Å². The quantitative estimate of drug-likeness (QED) is 0.685. The highest BCUT2D eigenvalue weighted by Crippen LogP contribution is 2.08. The first-order valence-electron chi connectivity index (χ1n) is 3.37. The van der Waals surface area contributed by atoms with E-state index < -0.39 is 0 Å². The van der Waals surface area contributed by atoms with Crippen molar-refractivity contribution >= 4 is 0 Å². The molecular weight excluding hydrogens is 141 g/mol. The van der Waals surface area contributed by atoms with Gasteiger partial charge in [-0.05, 0) is 11.6 Å². The van der Waals surface area contributed by atoms with E-state index in [1.807, 2.05) is 0 Å². The molecule has 1 rings (SSSR count). The lowest BCUT2D eigenvalue weighted by Gasteiger charge is -2.00. The van der Waals surface area contributed by atoms with Crippen LogP contribution >= 0.6 is 0 Å². The molecule has 0 unspecified atom stereocenters. The molecule has 0 aromatic heterocycles. The van der Waals surface area contributed by atoms with E-state index in [-0.39, 0.29) is 5.82 Å². The molecule has 11 heavy (non-hydrogen) atoms. The van der Waals surface area contributed by atoms with E-state index in [1.165, 1.54) is 6.07 Å². The molecule has 0 aliphatic carbocycles. The van der Waals surface area contributed by atoms with Gasteiger partial charge in [0.15, 0.2) is 0 Å². The summed E-state index contributed by atoms with van der Waals surface area (Å²) in [7, 11) is 0. The van der Waals surface area contributed by atoms with Crippen LogP contribution in [-0.2, 0) is 6.42 Å². The fourth-order valence-corrected chi connectivity index (χ4v) is 0.886. The van der Waals surface area contributed by atoms with Crippen molar-refractivity contribution < 1.29 is 4.39 Å². The predicted molar refractivity (Wildman–Crippen MR) is 43.4 cm³/mol. The number of hydrogen-bond acceptors (Lipinski definition) is 1. The van der Waals surface area contributed by atoms with Crippen molar-refractivity contribution in [3.05, 3.63) is 47.9 Å². The highest BCUT2D eigenvalue weighted by molar-refractivity contribution is 5.21. The van der Waals surface area contributed by atoms with Crippen LogP contribution in [0.1, 0.15) is 5.56 Å². The summed E-state index contributed by atoms with van der Waals surface area (Å²) < 4.78 is 12.9. The van der Waals surface area contributed by atoms with Crippen molar-refractivity contribution in [2.75, 3.05) is 0 Å². The first kappa shape index (κ1) is 7.79. The van der Waals surface area contributed by atoms with Gasteiger partial charge < -0.3 is 5.73 Å². The molecule has 1 aromatic rings. The van der Waals surface area contributed by atoms with E-state index >= 15 is 0 Å². The standard InChI is InChI=1S/C9H10FN/c1-7(11)6-8-4-2-3-5-9(8)10/h2-5H,1,6,11H2. The average molecular weight is 151 g/mol. The molecule has 0 atom stereocenters. The number of nitrogens with two attached hydrogens (primary N) is 1. The van der Waals surface area contributed by atoms with Crippen molar-refractivity contribution in [2.24, 2.45) is 5.73 Å². The molecule has 0 fully saturated rings. The fraction of sp³-hybridized carbons (Fsp3) is 0.111. The second-order valence-corrected chi connectivity index (χ2v) is 2.43. The summed E-state index contributed by atoms with van der Waals surface area (Å²) >= 11 is 0. The topological polar surface area (TPSA) is 26.0 Å². The molecule has 1 aromatic carbocycles. The zero-order valence-electron chi connectivity index (χ0n) is 6.18. The van der Waals surface area contributed by atoms with E-state index in [4.69, 9.17) is 5.73 Å². The molecule has 0 radical (unpaired) electrons. The minimum atomic E-state index is -0.223. The normalized spacial score (nSPS) is 9.55. The van der Waals surface area contributed by atoms with Crippen molar-refractivity contribution in [3.8, 4) is 0 Å². The smallest absolute Gasteiger partial charge is 0.126 e. The second-order valence-electron chi connectivity index (χ2n) is 2.43. The van der Waals surface area contributed by atoms with Gasteiger partial charge in [0.1, 0.15) is 5.82 Å². The van der Waals surface area contributed by atoms with Crippen LogP contribution in [0, 0.1) is 5.82 Å². The highest BCUT2D eigenvalue weighted by atomic mass is 19.1. The van der Waals surface area contributed by atoms with E-state index in [2.05, 4.69) is 6.58 Å². The predicted octanol–water partition coefficient (Wildman–Crippen LogP) is 1.84. The molecule has 1 nitrogen and oxygen atoms in total. The van der Waals surface area contributed by atoms with Crippen LogP contribution in [-0.4, -0.2) is 0 Å². The summed E-state index contributed by atoms with van der Waals surface area (Å²) in [6.45, 7) is 3.50. The Kier molecular flexibility index (Phi) is 2.26. The molecule has 0 aliphatic heterocycles. The molecule has 58 valence electrons. The number of rotatable bonds is 2. The van der Waals surface area contributed by atoms with E-state index in [1.54, 1.807) is 18.2 Å². The number of hydrogen-bond donors (Lipinski definition) is 1. The van der Waals surface area contributed by atoms with Crippen LogP contribution in [0.3, 0.4) is 0 Å². The Hall–Kier alpha value is -1.31. The summed E-state index contributed by atoms with van der Waals surface area (Å²) in [6.07, 6.45) is 0.409. The summed E-state index contributed by atoms with van der Waals surface area (Å²) in [5.41, 5.74) is 6.41. The van der Waals surface area contributed by atoms with Gasteiger partial charge in [-0.1, -0.05) is 24.8 Å². The van der Waals surface area contributed by atoms with Crippen molar-refractivity contribution in [3.63, 3.8) is 0 Å². The zero-order chi connectivity index (χ0) is 8.27. The Morgan fingerprint density at radius 2 is 2.09 bits per heavy atom. The summed E-state index contributed by atoms with van der Waals surface area (Å²) in [4.78, 5) is 0. The lowest BCUT2D eigenvalue weighted by atomic mass is 10.1. The zero-order valence-corrected chi connectivity index (χ0v) is 6.18. The lowest BCUT2D eigenvalue weighted by Crippen LogP contribution is -2.00. The Bertz CT molecular complexity index is 268. The van der Waals surface area contributed by atoms with E-state index in [0.717, 1.165) is 0 Å². The molecule has 0 spiro atoms. The number of halogens is 1. The van der Waals surface area contributed by atoms with Gasteiger partial charge in [0, 0.05) is 12.1 Å². The molecule has 0 aliphatic rings. The maximum Gasteiger partial charge on any atom is 0.126 e. The van der Waals surface area contributed by atoms with E-state index in [0.29, 0.717) is 17.7 Å². The summed E-state index contributed by atoms with van der Waals surface area (Å²) in [6, 6.07) is 6.55. The third-order valence-corrected chi connectivity index (χ3v) is 1.38. The van der Waals surface area contributed by atoms with Crippen LogP contribution in [0.15, 0.2) is 36.5 Å². The average Bonchev–Trinajstić information content (AvgIpc) is 1.93. The molecule has 0 saturated heterocycles. The third-order valence-electron chi connectivity index (χ3n) is 1.38. The van der Waals surface area contributed by atoms with Gasteiger partial charge in [-0.25, -0.2) is 4.39 Å². The Morgan fingerprint density at radius 1 is 1.45 bits per heavy atom. The van der Waals surface area contributed by atoms with Crippen LogP contribution < -0.4 is 5.73 Å². The molecular formula is C9H10FN. The minimum absolute atomic E-state index is 0.223. The minimum Gasteiger partial charge on any atom is -0.402 e. The van der Waals surface area contributed by atoms with Gasteiger partial charge in [-0.3, -0.25) is 0 Å². The van der Waals surface area contributed by atoms with Gasteiger partial charge >= 0.3 is 0 Å². The SMILES string of the molecule is C=C(N)Cc1ccccc1F. The summed E-state index contributed by atoms with van der Waals surface area (Å²) in [5, 5.41) is 0. The van der Waals surface area contributed by atoms with Crippen molar-refractivity contribution in [2.45, 2.75) is 6.42 Å². The molecule has 2 heteroatoms. The van der Waals surface area contributed by atoms with Gasteiger partial charge in [0.05, 0.1) is 0 Å². The highest BCUT2D eigenvalue weighted by Gasteiger charge is 1.99. The first-order valence-corrected chi connectivity index (χ1v) is 3.37. The number of allylic oxidation sites excluding steroid dienone is 1. The van der Waals surface area contributed by atoms with Crippen LogP contribution in [0.2, 0.25) is 0 Å². The lowest BCUT2D eigenvalue weighted by molar-refractivity contribution is 0.613. The van der Waals surface area contributed by atoms with Gasteiger partial charge in [-0.2, -0.15) is 0 Å². The Balaban J connectivity index is 2.86. The third kappa shape index (κ3) is 2.08. The van der Waals surface area contributed by atoms with Gasteiger partial charge in [0.25, 0.3) is 0 Å². The van der Waals surface area contributed by atoms with Crippen LogP contribution in [0.5, 0.6) is 0 Å². The van der Waals surface area contributed by atoms with E-state index in [9.17, 15) is 4.39 Å². The molecule has 0 saturated carbocycles. The second kappa shape index (κ2) is 3.19.